The normalized spacial score (nSPS) is 14.2. The molecule has 6 heteroatoms. The Morgan fingerprint density at radius 1 is 1.40 bits per heavy atom. The van der Waals surface area contributed by atoms with E-state index >= 15 is 0 Å². The minimum atomic E-state index is -0.293. The zero-order chi connectivity index (χ0) is 15.3. The number of nitrogens with zero attached hydrogens (tertiary/aromatic N) is 3. The van der Waals surface area contributed by atoms with Crippen molar-refractivity contribution >= 4 is 5.69 Å². The summed E-state index contributed by atoms with van der Waals surface area (Å²) in [6.07, 6.45) is 1.90. The molecule has 1 aromatic heterocycles. The van der Waals surface area contributed by atoms with Gasteiger partial charge >= 0.3 is 5.69 Å². The molecular weight excluding hydrogens is 256 g/mol. The van der Waals surface area contributed by atoms with Crippen molar-refractivity contribution in [3.05, 3.63) is 21.5 Å². The molecule has 1 rings (SSSR count). The second-order valence-electron chi connectivity index (χ2n) is 5.15. The SMILES string of the molecule is CCCNC(C)C(CC)c1c([N+](=O)[O-])c(C)nn1CC. The number of nitro groups is 1. The smallest absolute Gasteiger partial charge is 0.313 e. The van der Waals surface area contributed by atoms with Crippen molar-refractivity contribution < 1.29 is 4.92 Å². The molecule has 1 aromatic rings. The van der Waals surface area contributed by atoms with Gasteiger partial charge in [0.25, 0.3) is 0 Å². The fourth-order valence-corrected chi connectivity index (χ4v) is 2.72. The number of hydrogen-bond acceptors (Lipinski definition) is 4. The van der Waals surface area contributed by atoms with Crippen molar-refractivity contribution in [3.63, 3.8) is 0 Å². The lowest BCUT2D eigenvalue weighted by atomic mass is 9.93. The predicted octanol–water partition coefficient (Wildman–Crippen LogP) is 3.00. The molecule has 1 heterocycles. The van der Waals surface area contributed by atoms with Crippen LogP contribution in [0.25, 0.3) is 0 Å². The lowest BCUT2D eigenvalue weighted by Gasteiger charge is -2.24. The summed E-state index contributed by atoms with van der Waals surface area (Å²) >= 11 is 0. The van der Waals surface area contributed by atoms with E-state index in [0.29, 0.717) is 12.2 Å². The van der Waals surface area contributed by atoms with Crippen LogP contribution >= 0.6 is 0 Å². The Balaban J connectivity index is 3.22. The Hall–Kier alpha value is -1.43. The molecule has 0 aliphatic rings. The fraction of sp³-hybridized carbons (Fsp3) is 0.786. The van der Waals surface area contributed by atoms with Gasteiger partial charge in [0.15, 0.2) is 0 Å². The average molecular weight is 282 g/mol. The summed E-state index contributed by atoms with van der Waals surface area (Å²) < 4.78 is 1.78. The summed E-state index contributed by atoms with van der Waals surface area (Å²) in [6, 6.07) is 0.194. The first-order valence-electron chi connectivity index (χ1n) is 7.42. The van der Waals surface area contributed by atoms with Gasteiger partial charge in [-0.3, -0.25) is 14.8 Å². The van der Waals surface area contributed by atoms with Crippen LogP contribution in [0, 0.1) is 17.0 Å². The van der Waals surface area contributed by atoms with E-state index < -0.39 is 0 Å². The molecule has 0 radical (unpaired) electrons. The van der Waals surface area contributed by atoms with Gasteiger partial charge in [-0.05, 0) is 40.2 Å². The van der Waals surface area contributed by atoms with E-state index in [1.54, 1.807) is 11.6 Å². The van der Waals surface area contributed by atoms with E-state index in [1.807, 2.05) is 6.92 Å². The molecule has 1 N–H and O–H groups in total. The molecule has 0 saturated heterocycles. The Bertz CT molecular complexity index is 456. The van der Waals surface area contributed by atoms with Crippen LogP contribution in [0.3, 0.4) is 0 Å². The summed E-state index contributed by atoms with van der Waals surface area (Å²) in [6.45, 7) is 11.5. The molecule has 0 saturated carbocycles. The third-order valence-electron chi connectivity index (χ3n) is 3.73. The summed E-state index contributed by atoms with van der Waals surface area (Å²) in [7, 11) is 0. The predicted molar refractivity (Wildman–Crippen MR) is 80.1 cm³/mol. The molecule has 20 heavy (non-hydrogen) atoms. The van der Waals surface area contributed by atoms with Gasteiger partial charge in [-0.1, -0.05) is 13.8 Å². The van der Waals surface area contributed by atoms with E-state index in [0.717, 1.165) is 25.1 Å². The highest BCUT2D eigenvalue weighted by Gasteiger charge is 2.32. The van der Waals surface area contributed by atoms with Crippen molar-refractivity contribution in [2.75, 3.05) is 6.54 Å². The minimum Gasteiger partial charge on any atom is -0.314 e. The molecule has 0 aromatic carbocycles. The van der Waals surface area contributed by atoms with Crippen LogP contribution in [0.5, 0.6) is 0 Å². The molecule has 0 fully saturated rings. The van der Waals surface area contributed by atoms with E-state index in [4.69, 9.17) is 0 Å². The highest BCUT2D eigenvalue weighted by atomic mass is 16.6. The first kappa shape index (κ1) is 16.6. The van der Waals surface area contributed by atoms with Gasteiger partial charge in [-0.15, -0.1) is 0 Å². The number of aromatic nitrogens is 2. The van der Waals surface area contributed by atoms with Crippen LogP contribution in [0.4, 0.5) is 5.69 Å². The van der Waals surface area contributed by atoms with Gasteiger partial charge in [0, 0.05) is 18.5 Å². The van der Waals surface area contributed by atoms with Crippen molar-refractivity contribution in [3.8, 4) is 0 Å². The molecule has 0 spiro atoms. The van der Waals surface area contributed by atoms with Crippen LogP contribution in [0.15, 0.2) is 0 Å². The standard InChI is InChI=1S/C14H26N4O2/c1-6-9-15-10(4)12(7-2)14-13(18(19)20)11(5)16-17(14)8-3/h10,12,15H,6-9H2,1-5H3. The topological polar surface area (TPSA) is 73.0 Å². The number of hydrogen-bond donors (Lipinski definition) is 1. The second-order valence-corrected chi connectivity index (χ2v) is 5.15. The average Bonchev–Trinajstić information content (AvgIpc) is 2.74. The van der Waals surface area contributed by atoms with Gasteiger partial charge in [-0.25, -0.2) is 0 Å². The lowest BCUT2D eigenvalue weighted by Crippen LogP contribution is -2.34. The summed E-state index contributed by atoms with van der Waals surface area (Å²) in [5.74, 6) is 0.100. The molecule has 0 aliphatic heterocycles. The number of aryl methyl sites for hydroxylation is 2. The van der Waals surface area contributed by atoms with Gasteiger partial charge in [0.05, 0.1) is 4.92 Å². The van der Waals surface area contributed by atoms with E-state index in [1.165, 1.54) is 0 Å². The highest BCUT2D eigenvalue weighted by Crippen LogP contribution is 2.33. The molecule has 114 valence electrons. The number of nitrogens with one attached hydrogen (secondary N) is 1. The molecular formula is C14H26N4O2. The molecule has 0 bridgehead atoms. The largest absolute Gasteiger partial charge is 0.314 e. The summed E-state index contributed by atoms with van der Waals surface area (Å²) in [5.41, 5.74) is 1.45. The van der Waals surface area contributed by atoms with Gasteiger partial charge in [-0.2, -0.15) is 5.10 Å². The first-order chi connectivity index (χ1) is 9.47. The molecule has 2 atom stereocenters. The lowest BCUT2D eigenvalue weighted by molar-refractivity contribution is -0.386. The van der Waals surface area contributed by atoms with Crippen molar-refractivity contribution in [2.45, 2.75) is 66.0 Å². The highest BCUT2D eigenvalue weighted by molar-refractivity contribution is 5.43. The van der Waals surface area contributed by atoms with Crippen LogP contribution in [-0.4, -0.2) is 27.3 Å². The van der Waals surface area contributed by atoms with Gasteiger partial charge < -0.3 is 5.32 Å². The number of rotatable bonds is 8. The molecule has 2 unspecified atom stereocenters. The van der Waals surface area contributed by atoms with Crippen LogP contribution in [0.2, 0.25) is 0 Å². The maximum Gasteiger partial charge on any atom is 0.313 e. The van der Waals surface area contributed by atoms with E-state index in [-0.39, 0.29) is 22.6 Å². The maximum absolute atomic E-state index is 11.4. The summed E-state index contributed by atoms with van der Waals surface area (Å²) in [4.78, 5) is 11.1. The van der Waals surface area contributed by atoms with Crippen molar-refractivity contribution in [1.29, 1.82) is 0 Å². The monoisotopic (exact) mass is 282 g/mol. The molecule has 0 amide bonds. The minimum absolute atomic E-state index is 0.100. The molecule has 6 nitrogen and oxygen atoms in total. The Morgan fingerprint density at radius 3 is 2.50 bits per heavy atom. The van der Waals surface area contributed by atoms with Gasteiger partial charge in [0.1, 0.15) is 11.4 Å². The van der Waals surface area contributed by atoms with E-state index in [2.05, 4.69) is 31.2 Å². The van der Waals surface area contributed by atoms with Crippen molar-refractivity contribution in [1.82, 2.24) is 15.1 Å². The zero-order valence-corrected chi connectivity index (χ0v) is 13.1. The van der Waals surface area contributed by atoms with Crippen LogP contribution < -0.4 is 5.32 Å². The zero-order valence-electron chi connectivity index (χ0n) is 13.1. The quantitative estimate of drug-likeness (QED) is 0.587. The fourth-order valence-electron chi connectivity index (χ4n) is 2.72. The third kappa shape index (κ3) is 3.36. The Kier molecular flexibility index (Phi) is 6.13. The molecule has 0 aliphatic carbocycles. The summed E-state index contributed by atoms with van der Waals surface area (Å²) in [5, 5.41) is 19.1. The van der Waals surface area contributed by atoms with Crippen molar-refractivity contribution in [2.24, 2.45) is 0 Å². The van der Waals surface area contributed by atoms with E-state index in [9.17, 15) is 10.1 Å². The van der Waals surface area contributed by atoms with Crippen LogP contribution in [0.1, 0.15) is 57.8 Å². The third-order valence-corrected chi connectivity index (χ3v) is 3.73. The van der Waals surface area contributed by atoms with Gasteiger partial charge in [0.2, 0.25) is 0 Å². The Labute approximate surface area is 120 Å². The maximum atomic E-state index is 11.4. The second kappa shape index (κ2) is 7.38. The van der Waals surface area contributed by atoms with Crippen LogP contribution in [-0.2, 0) is 6.54 Å². The first-order valence-corrected chi connectivity index (χ1v) is 7.42. The Morgan fingerprint density at radius 2 is 2.05 bits per heavy atom.